The van der Waals surface area contributed by atoms with Crippen molar-refractivity contribution in [3.63, 3.8) is 0 Å². The SMILES string of the molecule is O=C(CNS(=O)(=O)C=Cc1ccccc1)Nc1ccc(F)cc1. The lowest BCUT2D eigenvalue weighted by Crippen LogP contribution is -2.31. The molecular weight excluding hydrogens is 319 g/mol. The molecular formula is C16H15FN2O3S. The summed E-state index contributed by atoms with van der Waals surface area (Å²) < 4.78 is 38.5. The Hall–Kier alpha value is -2.51. The molecule has 0 bridgehead atoms. The number of rotatable bonds is 6. The molecule has 0 spiro atoms. The fourth-order valence-corrected chi connectivity index (χ4v) is 2.45. The first kappa shape index (κ1) is 16.9. The quantitative estimate of drug-likeness (QED) is 0.851. The van der Waals surface area contributed by atoms with Crippen molar-refractivity contribution in [2.24, 2.45) is 0 Å². The average Bonchev–Trinajstić information content (AvgIpc) is 2.55. The van der Waals surface area contributed by atoms with Crippen LogP contribution in [0.25, 0.3) is 6.08 Å². The van der Waals surface area contributed by atoms with E-state index >= 15 is 0 Å². The Labute approximate surface area is 133 Å². The number of hydrogen-bond acceptors (Lipinski definition) is 3. The summed E-state index contributed by atoms with van der Waals surface area (Å²) in [5.41, 5.74) is 1.11. The van der Waals surface area contributed by atoms with Gasteiger partial charge in [0.25, 0.3) is 0 Å². The maximum Gasteiger partial charge on any atom is 0.239 e. The topological polar surface area (TPSA) is 75.3 Å². The lowest BCUT2D eigenvalue weighted by Gasteiger charge is -2.05. The third kappa shape index (κ3) is 6.01. The van der Waals surface area contributed by atoms with E-state index in [9.17, 15) is 17.6 Å². The van der Waals surface area contributed by atoms with Gasteiger partial charge in [0.2, 0.25) is 15.9 Å². The normalized spacial score (nSPS) is 11.5. The third-order valence-corrected chi connectivity index (χ3v) is 3.84. The average molecular weight is 334 g/mol. The van der Waals surface area contributed by atoms with Crippen molar-refractivity contribution in [3.8, 4) is 0 Å². The van der Waals surface area contributed by atoms with Gasteiger partial charge >= 0.3 is 0 Å². The Morgan fingerprint density at radius 2 is 1.70 bits per heavy atom. The molecule has 120 valence electrons. The zero-order chi connectivity index (χ0) is 16.7. The minimum Gasteiger partial charge on any atom is -0.325 e. The molecule has 2 aromatic rings. The summed E-state index contributed by atoms with van der Waals surface area (Å²) in [6.07, 6.45) is 1.43. The Balaban J connectivity index is 1.87. The van der Waals surface area contributed by atoms with Crippen molar-refractivity contribution in [2.45, 2.75) is 0 Å². The van der Waals surface area contributed by atoms with Gasteiger partial charge in [0.05, 0.1) is 6.54 Å². The lowest BCUT2D eigenvalue weighted by molar-refractivity contribution is -0.115. The fourth-order valence-electron chi connectivity index (χ4n) is 1.68. The van der Waals surface area contributed by atoms with E-state index < -0.39 is 28.3 Å². The number of amides is 1. The molecule has 2 aromatic carbocycles. The molecule has 0 saturated carbocycles. The molecule has 0 unspecified atom stereocenters. The van der Waals surface area contributed by atoms with Crippen molar-refractivity contribution in [3.05, 3.63) is 71.4 Å². The zero-order valence-corrected chi connectivity index (χ0v) is 12.9. The van der Waals surface area contributed by atoms with E-state index in [1.807, 2.05) is 6.07 Å². The Morgan fingerprint density at radius 3 is 2.35 bits per heavy atom. The Bertz CT molecular complexity index is 788. The van der Waals surface area contributed by atoms with Gasteiger partial charge in [-0.05, 0) is 35.9 Å². The van der Waals surface area contributed by atoms with E-state index in [0.29, 0.717) is 5.69 Å². The first-order chi connectivity index (χ1) is 10.9. The molecule has 0 heterocycles. The monoisotopic (exact) mass is 334 g/mol. The predicted octanol–water partition coefficient (Wildman–Crippen LogP) is 2.35. The Morgan fingerprint density at radius 1 is 1.04 bits per heavy atom. The number of carbonyl (C=O) groups is 1. The van der Waals surface area contributed by atoms with E-state index in [0.717, 1.165) is 11.0 Å². The molecule has 23 heavy (non-hydrogen) atoms. The van der Waals surface area contributed by atoms with Gasteiger partial charge in [0.15, 0.2) is 0 Å². The van der Waals surface area contributed by atoms with Crippen LogP contribution in [0.2, 0.25) is 0 Å². The van der Waals surface area contributed by atoms with Gasteiger partial charge < -0.3 is 5.32 Å². The second-order valence-corrected chi connectivity index (χ2v) is 6.29. The highest BCUT2D eigenvalue weighted by Gasteiger charge is 2.09. The van der Waals surface area contributed by atoms with Gasteiger partial charge in [-0.1, -0.05) is 30.3 Å². The first-order valence-electron chi connectivity index (χ1n) is 6.73. The zero-order valence-electron chi connectivity index (χ0n) is 12.1. The largest absolute Gasteiger partial charge is 0.325 e. The maximum absolute atomic E-state index is 12.7. The van der Waals surface area contributed by atoms with Crippen LogP contribution in [0.4, 0.5) is 10.1 Å². The minimum absolute atomic E-state index is 0.385. The summed E-state index contributed by atoms with van der Waals surface area (Å²) in [4.78, 5) is 11.7. The van der Waals surface area contributed by atoms with Crippen LogP contribution >= 0.6 is 0 Å². The number of nitrogens with one attached hydrogen (secondary N) is 2. The predicted molar refractivity (Wildman–Crippen MR) is 87.4 cm³/mol. The fraction of sp³-hybridized carbons (Fsp3) is 0.0625. The summed E-state index contributed by atoms with van der Waals surface area (Å²) in [7, 11) is -3.73. The van der Waals surface area contributed by atoms with E-state index in [4.69, 9.17) is 0 Å². The second-order valence-electron chi connectivity index (χ2n) is 4.63. The van der Waals surface area contributed by atoms with Gasteiger partial charge in [0.1, 0.15) is 5.82 Å². The van der Waals surface area contributed by atoms with Crippen molar-refractivity contribution >= 4 is 27.7 Å². The molecule has 5 nitrogen and oxygen atoms in total. The second kappa shape index (κ2) is 7.66. The molecule has 2 N–H and O–H groups in total. The maximum atomic E-state index is 12.7. The van der Waals surface area contributed by atoms with Gasteiger partial charge in [-0.2, -0.15) is 0 Å². The van der Waals surface area contributed by atoms with Crippen molar-refractivity contribution in [1.29, 1.82) is 0 Å². The molecule has 0 fully saturated rings. The number of halogens is 1. The van der Waals surface area contributed by atoms with Gasteiger partial charge in [-0.3, -0.25) is 4.79 Å². The molecule has 7 heteroatoms. The number of carbonyl (C=O) groups excluding carboxylic acids is 1. The lowest BCUT2D eigenvalue weighted by atomic mass is 10.2. The van der Waals surface area contributed by atoms with Gasteiger partial charge in [-0.25, -0.2) is 17.5 Å². The van der Waals surface area contributed by atoms with E-state index in [-0.39, 0.29) is 0 Å². The van der Waals surface area contributed by atoms with Crippen LogP contribution in [0, 0.1) is 5.82 Å². The van der Waals surface area contributed by atoms with Crippen molar-refractivity contribution in [1.82, 2.24) is 4.72 Å². The molecule has 0 aliphatic carbocycles. The molecule has 0 aliphatic heterocycles. The minimum atomic E-state index is -3.73. The highest BCUT2D eigenvalue weighted by molar-refractivity contribution is 7.92. The highest BCUT2D eigenvalue weighted by atomic mass is 32.2. The summed E-state index contributed by atoms with van der Waals surface area (Å²) in [6, 6.07) is 14.1. The van der Waals surface area contributed by atoms with Crippen molar-refractivity contribution < 1.29 is 17.6 Å². The summed E-state index contributed by atoms with van der Waals surface area (Å²) in [6.45, 7) is -0.418. The smallest absolute Gasteiger partial charge is 0.239 e. The standard InChI is InChI=1S/C16H15FN2O3S/c17-14-6-8-15(9-7-14)19-16(20)12-18-23(21,22)11-10-13-4-2-1-3-5-13/h1-11,18H,12H2,(H,19,20). The van der Waals surface area contributed by atoms with E-state index in [1.165, 1.54) is 30.3 Å². The van der Waals surface area contributed by atoms with Crippen LogP contribution < -0.4 is 10.0 Å². The van der Waals surface area contributed by atoms with Gasteiger partial charge in [0, 0.05) is 11.1 Å². The van der Waals surface area contributed by atoms with Crippen LogP contribution in [0.5, 0.6) is 0 Å². The summed E-state index contributed by atoms with van der Waals surface area (Å²) in [5, 5.41) is 3.45. The molecule has 0 aromatic heterocycles. The van der Waals surface area contributed by atoms with Crippen LogP contribution in [-0.4, -0.2) is 20.9 Å². The molecule has 2 rings (SSSR count). The molecule has 0 aliphatic rings. The van der Waals surface area contributed by atoms with E-state index in [2.05, 4.69) is 10.0 Å². The molecule has 1 amide bonds. The molecule has 0 atom stereocenters. The first-order valence-corrected chi connectivity index (χ1v) is 8.27. The third-order valence-electron chi connectivity index (χ3n) is 2.80. The summed E-state index contributed by atoms with van der Waals surface area (Å²) >= 11 is 0. The van der Waals surface area contributed by atoms with E-state index in [1.54, 1.807) is 24.3 Å². The molecule has 0 radical (unpaired) electrons. The number of benzene rings is 2. The van der Waals surface area contributed by atoms with Crippen LogP contribution in [-0.2, 0) is 14.8 Å². The summed E-state index contributed by atoms with van der Waals surface area (Å²) in [5.74, 6) is -0.969. The van der Waals surface area contributed by atoms with Crippen LogP contribution in [0.1, 0.15) is 5.56 Å². The number of anilines is 1. The van der Waals surface area contributed by atoms with Crippen LogP contribution in [0.15, 0.2) is 60.0 Å². The van der Waals surface area contributed by atoms with Gasteiger partial charge in [-0.15, -0.1) is 0 Å². The Kier molecular flexibility index (Phi) is 5.61. The number of hydrogen-bond donors (Lipinski definition) is 2. The number of sulfonamides is 1. The highest BCUT2D eigenvalue weighted by Crippen LogP contribution is 2.08. The van der Waals surface area contributed by atoms with Crippen molar-refractivity contribution in [2.75, 3.05) is 11.9 Å². The molecule has 0 saturated heterocycles. The van der Waals surface area contributed by atoms with Crippen LogP contribution in [0.3, 0.4) is 0 Å².